The van der Waals surface area contributed by atoms with Gasteiger partial charge < -0.3 is 19.4 Å². The molecule has 0 atom stereocenters. The van der Waals surface area contributed by atoms with E-state index in [0.29, 0.717) is 32.6 Å². The van der Waals surface area contributed by atoms with Crippen molar-refractivity contribution in [3.63, 3.8) is 0 Å². The molecule has 136 valence electrons. The molecule has 2 fully saturated rings. The highest BCUT2D eigenvalue weighted by Crippen LogP contribution is 2.11. The monoisotopic (exact) mass is 345 g/mol. The molecule has 1 aromatic rings. The second-order valence-electron chi connectivity index (χ2n) is 6.71. The van der Waals surface area contributed by atoms with E-state index in [1.807, 2.05) is 35.2 Å². The molecule has 0 aromatic heterocycles. The molecular formula is C19H27N3O3. The van der Waals surface area contributed by atoms with Gasteiger partial charge in [-0.05, 0) is 31.5 Å². The van der Waals surface area contributed by atoms with E-state index >= 15 is 0 Å². The number of hydrogen-bond acceptors (Lipinski definition) is 4. The summed E-state index contributed by atoms with van der Waals surface area (Å²) in [4.78, 5) is 30.4. The van der Waals surface area contributed by atoms with Crippen molar-refractivity contribution in [1.29, 1.82) is 0 Å². The van der Waals surface area contributed by atoms with Gasteiger partial charge in [0.15, 0.2) is 0 Å². The van der Waals surface area contributed by atoms with Gasteiger partial charge in [0.1, 0.15) is 6.61 Å². The van der Waals surface area contributed by atoms with E-state index in [-0.39, 0.29) is 18.6 Å². The Morgan fingerprint density at radius 1 is 0.880 bits per heavy atom. The Hall–Kier alpha value is -2.08. The Bertz CT molecular complexity index is 565. The first-order valence-electron chi connectivity index (χ1n) is 9.18. The van der Waals surface area contributed by atoms with E-state index < -0.39 is 0 Å². The lowest BCUT2D eigenvalue weighted by Crippen LogP contribution is -2.51. The molecular weight excluding hydrogens is 318 g/mol. The van der Waals surface area contributed by atoms with Crippen LogP contribution in [0.3, 0.4) is 0 Å². The van der Waals surface area contributed by atoms with Gasteiger partial charge >= 0.3 is 6.09 Å². The standard InChI is InChI=1S/C19H27N3O3/c23-18(8-11-20-9-4-5-10-20)21-12-14-22(15-13-21)19(24)25-16-17-6-2-1-3-7-17/h1-3,6-7H,4-5,8-16H2. The molecule has 2 aliphatic heterocycles. The number of benzene rings is 1. The second-order valence-corrected chi connectivity index (χ2v) is 6.71. The van der Waals surface area contributed by atoms with Crippen molar-refractivity contribution in [3.05, 3.63) is 35.9 Å². The predicted octanol–water partition coefficient (Wildman–Crippen LogP) is 1.95. The summed E-state index contributed by atoms with van der Waals surface area (Å²) in [6.45, 7) is 5.67. The summed E-state index contributed by atoms with van der Waals surface area (Å²) in [5, 5.41) is 0. The van der Waals surface area contributed by atoms with Crippen LogP contribution in [-0.2, 0) is 16.1 Å². The van der Waals surface area contributed by atoms with Crippen LogP contribution in [0.2, 0.25) is 0 Å². The minimum Gasteiger partial charge on any atom is -0.445 e. The van der Waals surface area contributed by atoms with Crippen LogP contribution in [0.25, 0.3) is 0 Å². The molecule has 2 saturated heterocycles. The zero-order valence-electron chi connectivity index (χ0n) is 14.7. The molecule has 0 spiro atoms. The van der Waals surface area contributed by atoms with Crippen molar-refractivity contribution in [1.82, 2.24) is 14.7 Å². The number of carbonyl (C=O) groups is 2. The maximum Gasteiger partial charge on any atom is 0.410 e. The van der Waals surface area contributed by atoms with Gasteiger partial charge in [-0.2, -0.15) is 0 Å². The van der Waals surface area contributed by atoms with Gasteiger partial charge in [0, 0.05) is 39.1 Å². The summed E-state index contributed by atoms with van der Waals surface area (Å²) in [5.41, 5.74) is 0.978. The van der Waals surface area contributed by atoms with Gasteiger partial charge in [-0.3, -0.25) is 4.79 Å². The molecule has 2 aliphatic rings. The molecule has 0 radical (unpaired) electrons. The van der Waals surface area contributed by atoms with Crippen LogP contribution in [0.4, 0.5) is 4.79 Å². The van der Waals surface area contributed by atoms with Crippen molar-refractivity contribution >= 4 is 12.0 Å². The number of nitrogens with zero attached hydrogens (tertiary/aromatic N) is 3. The lowest BCUT2D eigenvalue weighted by Gasteiger charge is -2.34. The van der Waals surface area contributed by atoms with Gasteiger partial charge in [0.05, 0.1) is 0 Å². The number of piperazine rings is 1. The molecule has 1 aromatic carbocycles. The highest BCUT2D eigenvalue weighted by Gasteiger charge is 2.25. The Morgan fingerprint density at radius 2 is 1.52 bits per heavy atom. The lowest BCUT2D eigenvalue weighted by molar-refractivity contribution is -0.133. The van der Waals surface area contributed by atoms with Crippen molar-refractivity contribution < 1.29 is 14.3 Å². The molecule has 6 heteroatoms. The number of carbonyl (C=O) groups excluding carboxylic acids is 2. The predicted molar refractivity (Wildman–Crippen MR) is 95.1 cm³/mol. The molecule has 3 rings (SSSR count). The van der Waals surface area contributed by atoms with E-state index in [1.54, 1.807) is 4.90 Å². The molecule has 6 nitrogen and oxygen atoms in total. The summed E-state index contributed by atoms with van der Waals surface area (Å²) in [6, 6.07) is 9.66. The molecule has 0 aliphatic carbocycles. The van der Waals surface area contributed by atoms with Gasteiger partial charge in [0.2, 0.25) is 5.91 Å². The number of likely N-dealkylation sites (tertiary alicyclic amines) is 1. The molecule has 0 bridgehead atoms. The van der Waals surface area contributed by atoms with Crippen LogP contribution in [0.15, 0.2) is 30.3 Å². The van der Waals surface area contributed by atoms with E-state index in [0.717, 1.165) is 25.2 Å². The lowest BCUT2D eigenvalue weighted by atomic mass is 10.2. The fourth-order valence-electron chi connectivity index (χ4n) is 3.37. The Balaban J connectivity index is 1.35. The fourth-order valence-corrected chi connectivity index (χ4v) is 3.37. The highest BCUT2D eigenvalue weighted by molar-refractivity contribution is 5.77. The van der Waals surface area contributed by atoms with E-state index in [1.165, 1.54) is 12.8 Å². The first-order valence-corrected chi connectivity index (χ1v) is 9.18. The molecule has 0 N–H and O–H groups in total. The Labute approximate surface area is 149 Å². The maximum atomic E-state index is 12.3. The van der Waals surface area contributed by atoms with Crippen LogP contribution < -0.4 is 0 Å². The van der Waals surface area contributed by atoms with Crippen molar-refractivity contribution in [2.75, 3.05) is 45.8 Å². The average molecular weight is 345 g/mol. The number of ether oxygens (including phenoxy) is 1. The topological polar surface area (TPSA) is 53.1 Å². The smallest absolute Gasteiger partial charge is 0.410 e. The minimum absolute atomic E-state index is 0.198. The van der Waals surface area contributed by atoms with Crippen LogP contribution >= 0.6 is 0 Å². The number of rotatable bonds is 5. The third-order valence-corrected chi connectivity index (χ3v) is 4.94. The van der Waals surface area contributed by atoms with E-state index in [2.05, 4.69) is 4.90 Å². The van der Waals surface area contributed by atoms with E-state index in [9.17, 15) is 9.59 Å². The first-order chi connectivity index (χ1) is 12.2. The second kappa shape index (κ2) is 8.85. The molecule has 0 unspecified atom stereocenters. The van der Waals surface area contributed by atoms with Gasteiger partial charge in [-0.25, -0.2) is 4.79 Å². The minimum atomic E-state index is -0.298. The zero-order valence-corrected chi connectivity index (χ0v) is 14.7. The zero-order chi connectivity index (χ0) is 17.5. The SMILES string of the molecule is O=C(CCN1CCCC1)N1CCN(C(=O)OCc2ccccc2)CC1. The Morgan fingerprint density at radius 3 is 2.20 bits per heavy atom. The van der Waals surface area contributed by atoms with Crippen LogP contribution in [-0.4, -0.2) is 72.5 Å². The normalized spacial score (nSPS) is 18.4. The summed E-state index contributed by atoms with van der Waals surface area (Å²) in [5.74, 6) is 0.198. The molecule has 25 heavy (non-hydrogen) atoms. The third-order valence-electron chi connectivity index (χ3n) is 4.94. The van der Waals surface area contributed by atoms with Gasteiger partial charge in [-0.15, -0.1) is 0 Å². The quantitative estimate of drug-likeness (QED) is 0.819. The summed E-state index contributed by atoms with van der Waals surface area (Å²) in [6.07, 6.45) is 2.78. The fraction of sp³-hybridized carbons (Fsp3) is 0.579. The van der Waals surface area contributed by atoms with Crippen LogP contribution in [0.5, 0.6) is 0 Å². The number of amides is 2. The van der Waals surface area contributed by atoms with Crippen molar-refractivity contribution in [2.24, 2.45) is 0 Å². The maximum absolute atomic E-state index is 12.3. The van der Waals surface area contributed by atoms with Crippen molar-refractivity contribution in [3.8, 4) is 0 Å². The van der Waals surface area contributed by atoms with Crippen molar-refractivity contribution in [2.45, 2.75) is 25.9 Å². The average Bonchev–Trinajstić information content (AvgIpc) is 3.19. The van der Waals surface area contributed by atoms with Gasteiger partial charge in [-0.1, -0.05) is 30.3 Å². The largest absolute Gasteiger partial charge is 0.445 e. The van der Waals surface area contributed by atoms with Gasteiger partial charge in [0.25, 0.3) is 0 Å². The summed E-state index contributed by atoms with van der Waals surface area (Å²) < 4.78 is 5.36. The molecule has 0 saturated carbocycles. The first kappa shape index (κ1) is 17.7. The Kier molecular flexibility index (Phi) is 6.28. The van der Waals surface area contributed by atoms with Crippen LogP contribution in [0, 0.1) is 0 Å². The highest BCUT2D eigenvalue weighted by atomic mass is 16.6. The summed E-state index contributed by atoms with van der Waals surface area (Å²) in [7, 11) is 0. The summed E-state index contributed by atoms with van der Waals surface area (Å²) >= 11 is 0. The molecule has 2 heterocycles. The third kappa shape index (κ3) is 5.19. The van der Waals surface area contributed by atoms with Crippen LogP contribution in [0.1, 0.15) is 24.8 Å². The molecule has 2 amide bonds. The van der Waals surface area contributed by atoms with E-state index in [4.69, 9.17) is 4.74 Å². The number of hydrogen-bond donors (Lipinski definition) is 0.